The summed E-state index contributed by atoms with van der Waals surface area (Å²) in [5, 5.41) is 24.0. The Kier molecular flexibility index (Phi) is 9.01. The van der Waals surface area contributed by atoms with Gasteiger partial charge in [-0.15, -0.1) is 5.10 Å². The zero-order valence-electron chi connectivity index (χ0n) is 22.5. The van der Waals surface area contributed by atoms with Crippen molar-refractivity contribution >= 4 is 40.8 Å². The Balaban J connectivity index is 1.18. The topological polar surface area (TPSA) is 142 Å². The van der Waals surface area contributed by atoms with Crippen LogP contribution in [0.1, 0.15) is 38.3 Å². The molecule has 3 heterocycles. The minimum Gasteiger partial charge on any atom is -0.466 e. The van der Waals surface area contributed by atoms with Crippen LogP contribution < -0.4 is 10.6 Å². The summed E-state index contributed by atoms with van der Waals surface area (Å²) in [6.45, 7) is 3.47. The predicted octanol–water partition coefficient (Wildman–Crippen LogP) is 3.95. The fourth-order valence-electron chi connectivity index (χ4n) is 5.19. The molecule has 2 aromatic heterocycles. The van der Waals surface area contributed by atoms with Gasteiger partial charge < -0.3 is 25.4 Å². The molecule has 13 heteroatoms. The fourth-order valence-corrected chi connectivity index (χ4v) is 5.36. The van der Waals surface area contributed by atoms with E-state index in [1.54, 1.807) is 6.07 Å². The zero-order chi connectivity index (χ0) is 28.9. The summed E-state index contributed by atoms with van der Waals surface area (Å²) in [7, 11) is 0. The molecular weight excluding hydrogens is 553 g/mol. The summed E-state index contributed by atoms with van der Waals surface area (Å²) in [4.78, 5) is 35.6. The van der Waals surface area contributed by atoms with E-state index in [1.807, 2.05) is 6.92 Å². The van der Waals surface area contributed by atoms with E-state index in [0.717, 1.165) is 38.8 Å². The second kappa shape index (κ2) is 12.8. The van der Waals surface area contributed by atoms with Crippen molar-refractivity contribution < 1.29 is 23.8 Å². The lowest BCUT2D eigenvalue weighted by Gasteiger charge is -2.44. The third kappa shape index (κ3) is 6.77. The van der Waals surface area contributed by atoms with Gasteiger partial charge in [-0.2, -0.15) is 5.10 Å². The summed E-state index contributed by atoms with van der Waals surface area (Å²) in [5.41, 5.74) is 0.973. The summed E-state index contributed by atoms with van der Waals surface area (Å²) in [6.07, 6.45) is 4.36. The predicted molar refractivity (Wildman–Crippen MR) is 150 cm³/mol. The van der Waals surface area contributed by atoms with Crippen LogP contribution in [-0.4, -0.2) is 67.8 Å². The number of carbonyl (C=O) groups excluding carboxylic acids is 2. The molecule has 5 rings (SSSR count). The minimum absolute atomic E-state index is 0.0353. The Morgan fingerprint density at radius 1 is 1.10 bits per heavy atom. The van der Waals surface area contributed by atoms with E-state index >= 15 is 0 Å². The van der Waals surface area contributed by atoms with Gasteiger partial charge in [0.2, 0.25) is 5.91 Å². The first-order chi connectivity index (χ1) is 19.8. The van der Waals surface area contributed by atoms with Gasteiger partial charge in [0.05, 0.1) is 30.5 Å². The third-order valence-corrected chi connectivity index (χ3v) is 7.79. The highest BCUT2D eigenvalue weighted by molar-refractivity contribution is 6.30. The SMILES string of the molecule is CCOC(=O)C1CCN(C2CC(C(=O)Nc3cc(Nc4cc(-c5cc(Cl)ccc5F)nnc4CO)ncn3)C2)CC1. The van der Waals surface area contributed by atoms with Gasteiger partial charge in [-0.25, -0.2) is 14.4 Å². The quantitative estimate of drug-likeness (QED) is 0.317. The van der Waals surface area contributed by atoms with Crippen LogP contribution in [-0.2, 0) is 20.9 Å². The number of hydrogen-bond acceptors (Lipinski definition) is 10. The Morgan fingerprint density at radius 2 is 1.85 bits per heavy atom. The van der Waals surface area contributed by atoms with Crippen LogP contribution in [0, 0.1) is 17.7 Å². The second-order valence-corrected chi connectivity index (χ2v) is 10.6. The van der Waals surface area contributed by atoms with E-state index in [0.29, 0.717) is 35.0 Å². The van der Waals surface area contributed by atoms with E-state index in [-0.39, 0.29) is 40.7 Å². The molecule has 2 aliphatic rings. The number of aromatic nitrogens is 4. The molecular formula is C28H31ClFN7O4. The first-order valence-corrected chi connectivity index (χ1v) is 14.0. The second-order valence-electron chi connectivity index (χ2n) is 10.2. The van der Waals surface area contributed by atoms with Crippen LogP contribution >= 0.6 is 11.6 Å². The number of hydrogen-bond donors (Lipinski definition) is 3. The van der Waals surface area contributed by atoms with Crippen molar-refractivity contribution in [2.45, 2.75) is 45.3 Å². The van der Waals surface area contributed by atoms with Crippen molar-refractivity contribution in [2.75, 3.05) is 30.3 Å². The maximum atomic E-state index is 14.4. The molecule has 3 N–H and O–H groups in total. The highest BCUT2D eigenvalue weighted by Crippen LogP contribution is 2.35. The van der Waals surface area contributed by atoms with Crippen molar-refractivity contribution in [1.82, 2.24) is 25.1 Å². The van der Waals surface area contributed by atoms with Crippen LogP contribution in [0.3, 0.4) is 0 Å². The average molecular weight is 584 g/mol. The average Bonchev–Trinajstić information content (AvgIpc) is 2.94. The molecule has 1 amide bonds. The van der Waals surface area contributed by atoms with E-state index in [1.165, 1.54) is 30.6 Å². The number of esters is 1. The number of aliphatic hydroxyl groups excluding tert-OH is 1. The molecule has 0 unspecified atom stereocenters. The number of anilines is 3. The molecule has 0 radical (unpaired) electrons. The van der Waals surface area contributed by atoms with Gasteiger partial charge in [0, 0.05) is 28.6 Å². The number of nitrogens with zero attached hydrogens (tertiary/aromatic N) is 5. The number of rotatable bonds is 9. The minimum atomic E-state index is -0.516. The molecule has 3 aromatic rings. The van der Waals surface area contributed by atoms with Gasteiger partial charge in [0.15, 0.2) is 0 Å². The third-order valence-electron chi connectivity index (χ3n) is 7.56. The molecule has 1 saturated carbocycles. The first kappa shape index (κ1) is 28.8. The van der Waals surface area contributed by atoms with Crippen molar-refractivity contribution in [1.29, 1.82) is 0 Å². The number of piperidine rings is 1. The number of ether oxygens (including phenoxy) is 1. The molecule has 1 saturated heterocycles. The zero-order valence-corrected chi connectivity index (χ0v) is 23.3. The lowest BCUT2D eigenvalue weighted by Crippen LogP contribution is -2.51. The lowest BCUT2D eigenvalue weighted by molar-refractivity contribution is -0.150. The summed E-state index contributed by atoms with van der Waals surface area (Å²) >= 11 is 6.02. The molecule has 1 aromatic carbocycles. The Bertz CT molecular complexity index is 1410. The fraction of sp³-hybridized carbons (Fsp3) is 0.429. The molecule has 0 atom stereocenters. The van der Waals surface area contributed by atoms with Crippen molar-refractivity contribution in [3.05, 3.63) is 53.2 Å². The normalized spacial score (nSPS) is 19.3. The highest BCUT2D eigenvalue weighted by atomic mass is 35.5. The van der Waals surface area contributed by atoms with Gasteiger partial charge in [0.1, 0.15) is 29.5 Å². The van der Waals surface area contributed by atoms with Gasteiger partial charge in [-0.1, -0.05) is 11.6 Å². The first-order valence-electron chi connectivity index (χ1n) is 13.6. The Morgan fingerprint density at radius 3 is 2.59 bits per heavy atom. The number of carbonyl (C=O) groups is 2. The molecule has 2 fully saturated rings. The summed E-state index contributed by atoms with van der Waals surface area (Å²) < 4.78 is 19.5. The maximum Gasteiger partial charge on any atom is 0.309 e. The molecule has 216 valence electrons. The van der Waals surface area contributed by atoms with Gasteiger partial charge in [-0.05, 0) is 70.0 Å². The van der Waals surface area contributed by atoms with Crippen LogP contribution in [0.4, 0.5) is 21.7 Å². The molecule has 41 heavy (non-hydrogen) atoms. The largest absolute Gasteiger partial charge is 0.466 e. The van der Waals surface area contributed by atoms with Crippen molar-refractivity contribution in [3.63, 3.8) is 0 Å². The molecule has 0 bridgehead atoms. The van der Waals surface area contributed by atoms with Crippen molar-refractivity contribution in [2.24, 2.45) is 11.8 Å². The number of aliphatic hydroxyl groups is 1. The smallest absolute Gasteiger partial charge is 0.309 e. The number of amides is 1. The highest BCUT2D eigenvalue weighted by Gasteiger charge is 2.40. The summed E-state index contributed by atoms with van der Waals surface area (Å²) in [5.74, 6) is -0.251. The standard InChI is InChI=1S/C28H31ClFN7O4/c1-2-41-28(40)16-5-7-37(8-6-16)19-9-17(10-19)27(39)34-26-13-25(31-15-32-26)33-23-12-22(35-36-24(23)14-38)20-11-18(29)3-4-21(20)30/h3-4,11-13,15-17,19,38H,2,5-10,14H2,1H3,(H2,31,32,33,34,35,39). The van der Waals surface area contributed by atoms with Crippen LogP contribution in [0.2, 0.25) is 5.02 Å². The number of nitrogens with one attached hydrogen (secondary N) is 2. The monoisotopic (exact) mass is 583 g/mol. The Labute approximate surface area is 241 Å². The molecule has 1 aliphatic carbocycles. The van der Waals surface area contributed by atoms with E-state index in [4.69, 9.17) is 16.3 Å². The van der Waals surface area contributed by atoms with Crippen LogP contribution in [0.5, 0.6) is 0 Å². The molecule has 11 nitrogen and oxygen atoms in total. The van der Waals surface area contributed by atoms with Crippen LogP contribution in [0.15, 0.2) is 36.7 Å². The van der Waals surface area contributed by atoms with Gasteiger partial charge in [-0.3, -0.25) is 9.59 Å². The van der Waals surface area contributed by atoms with Gasteiger partial charge >= 0.3 is 5.97 Å². The molecule has 0 spiro atoms. The van der Waals surface area contributed by atoms with Crippen molar-refractivity contribution in [3.8, 4) is 11.3 Å². The molecule has 1 aliphatic heterocycles. The summed E-state index contributed by atoms with van der Waals surface area (Å²) in [6, 6.07) is 7.55. The lowest BCUT2D eigenvalue weighted by atomic mass is 9.77. The Hall–Kier alpha value is -3.74. The number of benzene rings is 1. The number of halogens is 2. The van der Waals surface area contributed by atoms with E-state index < -0.39 is 12.4 Å². The van der Waals surface area contributed by atoms with Crippen LogP contribution in [0.25, 0.3) is 11.3 Å². The van der Waals surface area contributed by atoms with Gasteiger partial charge in [0.25, 0.3) is 0 Å². The maximum absolute atomic E-state index is 14.4. The number of likely N-dealkylation sites (tertiary alicyclic amines) is 1. The van der Waals surface area contributed by atoms with E-state index in [2.05, 4.69) is 35.7 Å². The van der Waals surface area contributed by atoms with E-state index in [9.17, 15) is 19.1 Å².